The number of nitrogens with zero attached hydrogens (tertiary/aromatic N) is 5. The number of nitrogen functional groups attached to an aromatic ring is 1. The van der Waals surface area contributed by atoms with Gasteiger partial charge in [0.15, 0.2) is 0 Å². The Kier molecular flexibility index (Phi) is 6.31. The van der Waals surface area contributed by atoms with E-state index in [1.165, 1.54) is 0 Å². The molecule has 1 aliphatic rings. The number of pyridine rings is 1. The number of aromatic nitrogens is 3. The molecule has 3 N–H and O–H groups in total. The first-order valence-electron chi connectivity index (χ1n) is 10.6. The van der Waals surface area contributed by atoms with Gasteiger partial charge in [0.1, 0.15) is 11.3 Å². The molecule has 32 heavy (non-hydrogen) atoms. The second-order valence-corrected chi connectivity index (χ2v) is 7.88. The third kappa shape index (κ3) is 5.01. The Morgan fingerprint density at radius 3 is 2.56 bits per heavy atom. The van der Waals surface area contributed by atoms with Crippen LogP contribution in [0.2, 0.25) is 0 Å². The van der Waals surface area contributed by atoms with Crippen molar-refractivity contribution < 1.29 is 13.2 Å². The number of benzene rings is 1. The van der Waals surface area contributed by atoms with E-state index in [4.69, 9.17) is 5.73 Å². The first-order valence-corrected chi connectivity index (χ1v) is 10.6. The normalized spacial score (nSPS) is 15.3. The quantitative estimate of drug-likeness (QED) is 0.563. The third-order valence-electron chi connectivity index (χ3n) is 5.73. The van der Waals surface area contributed by atoms with Crippen LogP contribution in [-0.2, 0) is 12.6 Å². The highest BCUT2D eigenvalue weighted by Crippen LogP contribution is 2.31. The highest BCUT2D eigenvalue weighted by Gasteiger charge is 2.31. The number of hydrogen-bond donors (Lipinski definition) is 2. The lowest BCUT2D eigenvalue weighted by atomic mass is 10.1. The zero-order valence-corrected chi connectivity index (χ0v) is 17.9. The third-order valence-corrected chi connectivity index (χ3v) is 5.73. The Labute approximate surface area is 184 Å². The molecule has 1 saturated heterocycles. The Balaban J connectivity index is 1.48. The number of halogens is 3. The monoisotopic (exact) mass is 445 g/mol. The van der Waals surface area contributed by atoms with Gasteiger partial charge in [-0.2, -0.15) is 18.3 Å². The fourth-order valence-corrected chi connectivity index (χ4v) is 3.93. The van der Waals surface area contributed by atoms with Crippen LogP contribution < -0.4 is 16.0 Å². The van der Waals surface area contributed by atoms with Crippen LogP contribution in [-0.4, -0.2) is 59.3 Å². The van der Waals surface area contributed by atoms with Crippen molar-refractivity contribution in [2.75, 3.05) is 55.2 Å². The number of nitrogens with two attached hydrogens (primary N) is 1. The molecular weight excluding hydrogens is 419 g/mol. The summed E-state index contributed by atoms with van der Waals surface area (Å²) in [7, 11) is 0. The molecule has 0 atom stereocenters. The van der Waals surface area contributed by atoms with Crippen molar-refractivity contribution in [1.29, 1.82) is 0 Å². The fourth-order valence-electron chi connectivity index (χ4n) is 3.93. The molecule has 0 radical (unpaired) electrons. The SMILES string of the molecule is CCN1CCN(c2cc3c(NCCc4cc(N)cc(C(F)(F)F)c4)cnnc3cn2)CC1. The van der Waals surface area contributed by atoms with Crippen molar-refractivity contribution in [2.45, 2.75) is 19.5 Å². The highest BCUT2D eigenvalue weighted by atomic mass is 19.4. The van der Waals surface area contributed by atoms with E-state index in [-0.39, 0.29) is 5.69 Å². The number of piperazine rings is 1. The maximum absolute atomic E-state index is 13.0. The van der Waals surface area contributed by atoms with E-state index in [1.807, 2.05) is 6.07 Å². The van der Waals surface area contributed by atoms with Gasteiger partial charge < -0.3 is 20.9 Å². The van der Waals surface area contributed by atoms with E-state index in [9.17, 15) is 13.2 Å². The molecular formula is C22H26F3N7. The smallest absolute Gasteiger partial charge is 0.399 e. The van der Waals surface area contributed by atoms with Gasteiger partial charge in [-0.05, 0) is 42.8 Å². The maximum atomic E-state index is 13.0. The van der Waals surface area contributed by atoms with Crippen LogP contribution in [0.1, 0.15) is 18.1 Å². The number of likely N-dealkylation sites (N-methyl/N-ethyl adjacent to an activating group) is 1. The largest absolute Gasteiger partial charge is 0.416 e. The molecule has 1 aromatic carbocycles. The summed E-state index contributed by atoms with van der Waals surface area (Å²) < 4.78 is 39.1. The number of anilines is 3. The lowest BCUT2D eigenvalue weighted by Gasteiger charge is -2.34. The van der Waals surface area contributed by atoms with Crippen molar-refractivity contribution in [3.63, 3.8) is 0 Å². The van der Waals surface area contributed by atoms with Gasteiger partial charge in [0.2, 0.25) is 0 Å². The maximum Gasteiger partial charge on any atom is 0.416 e. The van der Waals surface area contributed by atoms with Crippen molar-refractivity contribution in [2.24, 2.45) is 0 Å². The van der Waals surface area contributed by atoms with Gasteiger partial charge in [0.05, 0.1) is 23.6 Å². The van der Waals surface area contributed by atoms with E-state index in [0.29, 0.717) is 24.0 Å². The fraction of sp³-hybridized carbons (Fsp3) is 0.409. The minimum atomic E-state index is -4.42. The molecule has 4 rings (SSSR count). The molecule has 0 aliphatic carbocycles. The number of hydrogen-bond acceptors (Lipinski definition) is 7. The van der Waals surface area contributed by atoms with E-state index in [0.717, 1.165) is 61.7 Å². The summed E-state index contributed by atoms with van der Waals surface area (Å²) in [5.41, 5.74) is 6.98. The summed E-state index contributed by atoms with van der Waals surface area (Å²) in [6.07, 6.45) is -0.701. The van der Waals surface area contributed by atoms with Crippen LogP contribution in [0.4, 0.5) is 30.4 Å². The zero-order valence-electron chi connectivity index (χ0n) is 17.9. The zero-order chi connectivity index (χ0) is 22.7. The molecule has 2 aromatic heterocycles. The average molecular weight is 445 g/mol. The molecule has 0 unspecified atom stereocenters. The highest BCUT2D eigenvalue weighted by molar-refractivity contribution is 5.91. The molecule has 10 heteroatoms. The predicted molar refractivity (Wildman–Crippen MR) is 120 cm³/mol. The molecule has 3 aromatic rings. The Morgan fingerprint density at radius 2 is 1.84 bits per heavy atom. The summed E-state index contributed by atoms with van der Waals surface area (Å²) in [6.45, 7) is 7.43. The van der Waals surface area contributed by atoms with Gasteiger partial charge in [0, 0.05) is 43.8 Å². The van der Waals surface area contributed by atoms with Gasteiger partial charge >= 0.3 is 6.18 Å². The van der Waals surface area contributed by atoms with Crippen LogP contribution in [0.25, 0.3) is 10.9 Å². The van der Waals surface area contributed by atoms with E-state index in [1.54, 1.807) is 18.5 Å². The van der Waals surface area contributed by atoms with E-state index in [2.05, 4.69) is 37.2 Å². The molecule has 0 spiro atoms. The van der Waals surface area contributed by atoms with Crippen LogP contribution in [0, 0.1) is 0 Å². The van der Waals surface area contributed by atoms with Gasteiger partial charge in [-0.1, -0.05) is 6.92 Å². The van der Waals surface area contributed by atoms with Crippen molar-refractivity contribution in [1.82, 2.24) is 20.1 Å². The second-order valence-electron chi connectivity index (χ2n) is 7.88. The molecule has 0 bridgehead atoms. The number of alkyl halides is 3. The number of rotatable bonds is 6. The summed E-state index contributed by atoms with van der Waals surface area (Å²) in [5, 5.41) is 12.3. The van der Waals surface area contributed by atoms with Crippen molar-refractivity contribution in [3.8, 4) is 0 Å². The molecule has 170 valence electrons. The lowest BCUT2D eigenvalue weighted by Crippen LogP contribution is -2.46. The van der Waals surface area contributed by atoms with E-state index >= 15 is 0 Å². The Morgan fingerprint density at radius 1 is 1.06 bits per heavy atom. The standard InChI is InChI=1S/C22H26F3N7/c1-2-31-5-7-32(8-6-31)21-12-18-19(14-29-30-20(18)13-28-21)27-4-3-15-9-16(22(23,24)25)11-17(26)10-15/h9-14H,2-8,26H2,1H3,(H,27,30). The average Bonchev–Trinajstić information content (AvgIpc) is 2.78. The van der Waals surface area contributed by atoms with Crippen LogP contribution in [0.5, 0.6) is 0 Å². The summed E-state index contributed by atoms with van der Waals surface area (Å²) in [4.78, 5) is 9.20. The first-order chi connectivity index (χ1) is 15.3. The topological polar surface area (TPSA) is 83.2 Å². The van der Waals surface area contributed by atoms with Gasteiger partial charge in [-0.15, -0.1) is 5.10 Å². The number of nitrogens with one attached hydrogen (secondary N) is 1. The molecule has 3 heterocycles. The van der Waals surface area contributed by atoms with Gasteiger partial charge in [-0.25, -0.2) is 4.98 Å². The van der Waals surface area contributed by atoms with Crippen LogP contribution in [0.3, 0.4) is 0 Å². The minimum absolute atomic E-state index is 0.102. The summed E-state index contributed by atoms with van der Waals surface area (Å²) in [5.74, 6) is 0.884. The van der Waals surface area contributed by atoms with Crippen LogP contribution in [0.15, 0.2) is 36.7 Å². The molecule has 1 aliphatic heterocycles. The van der Waals surface area contributed by atoms with Crippen LogP contribution >= 0.6 is 0 Å². The predicted octanol–water partition coefficient (Wildman–Crippen LogP) is 3.42. The lowest BCUT2D eigenvalue weighted by molar-refractivity contribution is -0.137. The minimum Gasteiger partial charge on any atom is -0.399 e. The van der Waals surface area contributed by atoms with E-state index < -0.39 is 11.7 Å². The Bertz CT molecular complexity index is 1080. The van der Waals surface area contributed by atoms with Crippen molar-refractivity contribution >= 4 is 28.1 Å². The summed E-state index contributed by atoms with van der Waals surface area (Å²) in [6, 6.07) is 5.65. The molecule has 1 fully saturated rings. The molecule has 0 saturated carbocycles. The number of fused-ring (bicyclic) bond motifs is 1. The molecule has 7 nitrogen and oxygen atoms in total. The van der Waals surface area contributed by atoms with Gasteiger partial charge in [-0.3, -0.25) is 0 Å². The molecule has 0 amide bonds. The second kappa shape index (κ2) is 9.15. The van der Waals surface area contributed by atoms with Gasteiger partial charge in [0.25, 0.3) is 0 Å². The summed E-state index contributed by atoms with van der Waals surface area (Å²) >= 11 is 0. The Hall–Kier alpha value is -3.14. The van der Waals surface area contributed by atoms with Crippen molar-refractivity contribution in [3.05, 3.63) is 47.8 Å². The first kappa shape index (κ1) is 22.1.